The molecule has 0 aliphatic carbocycles. The molecule has 6 nitrogen and oxygen atoms in total. The van der Waals surface area contributed by atoms with Gasteiger partial charge >= 0.3 is 5.97 Å². The average Bonchev–Trinajstić information content (AvgIpc) is 2.94. The number of benzene rings is 2. The maximum absolute atomic E-state index is 12.4. The Labute approximate surface area is 148 Å². The van der Waals surface area contributed by atoms with Gasteiger partial charge in [0.15, 0.2) is 0 Å². The van der Waals surface area contributed by atoms with Gasteiger partial charge in [-0.1, -0.05) is 29.8 Å². The fourth-order valence-corrected chi connectivity index (χ4v) is 2.93. The maximum atomic E-state index is 12.4. The van der Waals surface area contributed by atoms with Gasteiger partial charge in [-0.15, -0.1) is 0 Å². The highest BCUT2D eigenvalue weighted by Crippen LogP contribution is 2.28. The Hall–Kier alpha value is -2.99. The summed E-state index contributed by atoms with van der Waals surface area (Å²) in [6.45, 7) is 0. The number of fused-ring (bicyclic) bond motifs is 1. The first-order valence-electron chi connectivity index (χ1n) is 7.46. The summed E-state index contributed by atoms with van der Waals surface area (Å²) < 4.78 is 5.07. The number of halogens is 1. The highest BCUT2D eigenvalue weighted by atomic mass is 35.5. The van der Waals surface area contributed by atoms with E-state index in [-0.39, 0.29) is 18.0 Å². The number of H-pyrrole nitrogens is 1. The van der Waals surface area contributed by atoms with Crippen LogP contribution in [0.25, 0.3) is 10.9 Å². The van der Waals surface area contributed by atoms with Crippen molar-refractivity contribution < 1.29 is 19.4 Å². The summed E-state index contributed by atoms with van der Waals surface area (Å²) in [5, 5.41) is 13.2. The molecule has 0 saturated heterocycles. The summed E-state index contributed by atoms with van der Waals surface area (Å²) in [5.74, 6) is -0.940. The van der Waals surface area contributed by atoms with E-state index in [2.05, 4.69) is 10.3 Å². The molecule has 3 N–H and O–H groups in total. The number of carboxylic acids is 1. The van der Waals surface area contributed by atoms with Crippen LogP contribution in [0.1, 0.15) is 16.1 Å². The average molecular weight is 359 g/mol. The van der Waals surface area contributed by atoms with Gasteiger partial charge in [0, 0.05) is 22.2 Å². The molecule has 1 aromatic heterocycles. The summed E-state index contributed by atoms with van der Waals surface area (Å²) in [6, 6.07) is 12.0. The SMILES string of the molecule is COc1ccc(NC(=O)Cc2c(C(=O)O)[nH]c3ccccc23)cc1Cl. The predicted molar refractivity (Wildman–Crippen MR) is 95.6 cm³/mol. The van der Waals surface area contributed by atoms with Crippen LogP contribution in [-0.4, -0.2) is 29.1 Å². The fraction of sp³-hybridized carbons (Fsp3) is 0.111. The second-order valence-corrected chi connectivity index (χ2v) is 5.81. The first kappa shape index (κ1) is 16.9. The number of amides is 1. The molecule has 0 fully saturated rings. The van der Waals surface area contributed by atoms with Crippen molar-refractivity contribution in [3.63, 3.8) is 0 Å². The minimum Gasteiger partial charge on any atom is -0.495 e. The minimum absolute atomic E-state index is 0.0177. The van der Waals surface area contributed by atoms with E-state index in [1.54, 1.807) is 42.5 Å². The molecule has 1 amide bonds. The van der Waals surface area contributed by atoms with Crippen molar-refractivity contribution in [2.75, 3.05) is 12.4 Å². The molecule has 0 aliphatic rings. The fourth-order valence-electron chi connectivity index (χ4n) is 2.68. The quantitative estimate of drug-likeness (QED) is 0.648. The molecule has 128 valence electrons. The van der Waals surface area contributed by atoms with E-state index in [1.807, 2.05) is 0 Å². The van der Waals surface area contributed by atoms with E-state index >= 15 is 0 Å². The van der Waals surface area contributed by atoms with E-state index in [1.165, 1.54) is 7.11 Å². The molecule has 0 bridgehead atoms. The summed E-state index contributed by atoms with van der Waals surface area (Å²) >= 11 is 6.04. The number of para-hydroxylation sites is 1. The minimum atomic E-state index is -1.11. The molecule has 25 heavy (non-hydrogen) atoms. The zero-order valence-corrected chi connectivity index (χ0v) is 14.1. The number of carbonyl (C=O) groups is 2. The Morgan fingerprint density at radius 3 is 2.68 bits per heavy atom. The number of aromatic nitrogens is 1. The summed E-state index contributed by atoms with van der Waals surface area (Å²) in [5.41, 5.74) is 1.65. The second-order valence-electron chi connectivity index (χ2n) is 5.40. The van der Waals surface area contributed by atoms with Crippen LogP contribution in [-0.2, 0) is 11.2 Å². The van der Waals surface area contributed by atoms with Crippen molar-refractivity contribution in [2.45, 2.75) is 6.42 Å². The topological polar surface area (TPSA) is 91.4 Å². The molecule has 0 saturated carbocycles. The smallest absolute Gasteiger partial charge is 0.352 e. The normalized spacial score (nSPS) is 10.6. The van der Waals surface area contributed by atoms with Gasteiger partial charge in [0.05, 0.1) is 18.6 Å². The Morgan fingerprint density at radius 1 is 1.24 bits per heavy atom. The van der Waals surface area contributed by atoms with E-state index < -0.39 is 5.97 Å². The zero-order valence-electron chi connectivity index (χ0n) is 13.3. The van der Waals surface area contributed by atoms with E-state index in [4.69, 9.17) is 16.3 Å². The van der Waals surface area contributed by atoms with Gasteiger partial charge in [-0.2, -0.15) is 0 Å². The van der Waals surface area contributed by atoms with Crippen LogP contribution in [0.15, 0.2) is 42.5 Å². The number of carbonyl (C=O) groups excluding carboxylic acids is 1. The molecule has 2 aromatic carbocycles. The highest BCUT2D eigenvalue weighted by molar-refractivity contribution is 6.32. The first-order valence-corrected chi connectivity index (χ1v) is 7.83. The van der Waals surface area contributed by atoms with Gasteiger partial charge < -0.3 is 20.1 Å². The van der Waals surface area contributed by atoms with Crippen LogP contribution < -0.4 is 10.1 Å². The standard InChI is InChI=1S/C18H15ClN2O4/c1-25-15-7-6-10(8-13(15)19)20-16(22)9-12-11-4-2-3-5-14(11)21-17(12)18(23)24/h2-8,21H,9H2,1H3,(H,20,22)(H,23,24). The van der Waals surface area contributed by atoms with Gasteiger partial charge in [0.1, 0.15) is 11.4 Å². The van der Waals surface area contributed by atoms with E-state index in [0.717, 1.165) is 0 Å². The second kappa shape index (κ2) is 6.86. The molecular weight excluding hydrogens is 344 g/mol. The van der Waals surface area contributed by atoms with Crippen molar-refractivity contribution in [3.8, 4) is 5.75 Å². The van der Waals surface area contributed by atoms with Gasteiger partial charge in [0.25, 0.3) is 0 Å². The van der Waals surface area contributed by atoms with Crippen LogP contribution in [0.4, 0.5) is 5.69 Å². The van der Waals surface area contributed by atoms with Crippen molar-refractivity contribution in [3.05, 3.63) is 58.7 Å². The molecule has 0 spiro atoms. The molecule has 7 heteroatoms. The Balaban J connectivity index is 1.86. The third-order valence-corrected chi connectivity index (χ3v) is 4.10. The lowest BCUT2D eigenvalue weighted by atomic mass is 10.1. The number of aromatic amines is 1. The van der Waals surface area contributed by atoms with Crippen LogP contribution in [0, 0.1) is 0 Å². The highest BCUT2D eigenvalue weighted by Gasteiger charge is 2.19. The predicted octanol–water partition coefficient (Wildman–Crippen LogP) is 3.71. The Kier molecular flexibility index (Phi) is 4.63. The number of nitrogens with one attached hydrogen (secondary N) is 2. The van der Waals surface area contributed by atoms with Crippen molar-refractivity contribution in [1.29, 1.82) is 0 Å². The molecule has 3 aromatic rings. The molecular formula is C18H15ClN2O4. The number of methoxy groups -OCH3 is 1. The van der Waals surface area contributed by atoms with Gasteiger partial charge in [0.2, 0.25) is 5.91 Å². The lowest BCUT2D eigenvalue weighted by molar-refractivity contribution is -0.115. The van der Waals surface area contributed by atoms with Crippen LogP contribution >= 0.6 is 11.6 Å². The molecule has 0 aliphatic heterocycles. The molecule has 0 unspecified atom stereocenters. The largest absolute Gasteiger partial charge is 0.495 e. The number of ether oxygens (including phenoxy) is 1. The van der Waals surface area contributed by atoms with Crippen molar-refractivity contribution >= 4 is 40.1 Å². The number of carboxylic acid groups (broad SMARTS) is 1. The number of anilines is 1. The van der Waals surface area contributed by atoms with Crippen LogP contribution in [0.2, 0.25) is 5.02 Å². The Bertz CT molecular complexity index is 965. The maximum Gasteiger partial charge on any atom is 0.352 e. The summed E-state index contributed by atoms with van der Waals surface area (Å²) in [6.07, 6.45) is -0.0741. The molecule has 3 rings (SSSR count). The Morgan fingerprint density at radius 2 is 2.00 bits per heavy atom. The number of hydrogen-bond donors (Lipinski definition) is 3. The number of hydrogen-bond acceptors (Lipinski definition) is 3. The summed E-state index contributed by atoms with van der Waals surface area (Å²) in [7, 11) is 1.50. The monoisotopic (exact) mass is 358 g/mol. The van der Waals surface area contributed by atoms with E-state index in [9.17, 15) is 14.7 Å². The molecule has 0 radical (unpaired) electrons. The number of rotatable bonds is 5. The van der Waals surface area contributed by atoms with Crippen LogP contribution in [0.3, 0.4) is 0 Å². The van der Waals surface area contributed by atoms with Gasteiger partial charge in [-0.25, -0.2) is 4.79 Å². The summed E-state index contributed by atoms with van der Waals surface area (Å²) in [4.78, 5) is 26.7. The third-order valence-electron chi connectivity index (χ3n) is 3.80. The zero-order chi connectivity index (χ0) is 18.0. The molecule has 0 atom stereocenters. The number of aromatic carboxylic acids is 1. The lowest BCUT2D eigenvalue weighted by Gasteiger charge is -2.08. The lowest BCUT2D eigenvalue weighted by Crippen LogP contribution is -2.16. The first-order chi connectivity index (χ1) is 12.0. The van der Waals surface area contributed by atoms with Crippen molar-refractivity contribution in [1.82, 2.24) is 4.98 Å². The van der Waals surface area contributed by atoms with Crippen molar-refractivity contribution in [2.24, 2.45) is 0 Å². The van der Waals surface area contributed by atoms with E-state index in [0.29, 0.717) is 32.9 Å². The van der Waals surface area contributed by atoms with Gasteiger partial charge in [-0.3, -0.25) is 4.79 Å². The third kappa shape index (κ3) is 3.44. The van der Waals surface area contributed by atoms with Crippen LogP contribution in [0.5, 0.6) is 5.75 Å². The van der Waals surface area contributed by atoms with Gasteiger partial charge in [-0.05, 0) is 24.3 Å². The molecule has 1 heterocycles.